The second-order valence-electron chi connectivity index (χ2n) is 5.91. The molecule has 0 aliphatic heterocycles. The minimum Gasteiger partial charge on any atom is -0.385 e. The van der Waals surface area contributed by atoms with Crippen molar-refractivity contribution in [3.05, 3.63) is 29.8 Å². The van der Waals surface area contributed by atoms with E-state index < -0.39 is 10.0 Å². The van der Waals surface area contributed by atoms with Crippen molar-refractivity contribution >= 4 is 10.0 Å². The molecule has 0 unspecified atom stereocenters. The monoisotopic (exact) mass is 314 g/mol. The minimum absolute atomic E-state index is 0.147. The Morgan fingerprint density at radius 1 is 1.29 bits per heavy atom. The van der Waals surface area contributed by atoms with Crippen LogP contribution in [-0.2, 0) is 21.3 Å². The second kappa shape index (κ2) is 7.89. The third kappa shape index (κ3) is 6.13. The van der Waals surface area contributed by atoms with Crippen LogP contribution in [0.25, 0.3) is 0 Å². The predicted molar refractivity (Wildman–Crippen MR) is 84.7 cm³/mol. The summed E-state index contributed by atoms with van der Waals surface area (Å²) in [5.41, 5.74) is 0.796. The number of hydrogen-bond donors (Lipinski definition) is 2. The Kier molecular flexibility index (Phi) is 6.80. The summed E-state index contributed by atoms with van der Waals surface area (Å²) in [6.45, 7) is 5.68. The highest BCUT2D eigenvalue weighted by atomic mass is 32.2. The van der Waals surface area contributed by atoms with Crippen molar-refractivity contribution in [2.75, 3.05) is 27.3 Å². The van der Waals surface area contributed by atoms with Gasteiger partial charge in [0.2, 0.25) is 10.0 Å². The quantitative estimate of drug-likeness (QED) is 0.729. The fourth-order valence-electron chi connectivity index (χ4n) is 1.87. The van der Waals surface area contributed by atoms with Crippen LogP contribution >= 0.6 is 0 Å². The molecule has 0 heterocycles. The van der Waals surface area contributed by atoms with Gasteiger partial charge in [0.05, 0.1) is 4.90 Å². The summed E-state index contributed by atoms with van der Waals surface area (Å²) < 4.78 is 32.4. The average molecular weight is 314 g/mol. The zero-order valence-electron chi connectivity index (χ0n) is 13.3. The van der Waals surface area contributed by atoms with Gasteiger partial charge in [0.25, 0.3) is 0 Å². The number of benzene rings is 1. The molecule has 2 N–H and O–H groups in total. The Hall–Kier alpha value is -0.950. The van der Waals surface area contributed by atoms with Gasteiger partial charge in [-0.1, -0.05) is 26.0 Å². The zero-order chi connectivity index (χ0) is 15.9. The van der Waals surface area contributed by atoms with E-state index in [9.17, 15) is 8.42 Å². The van der Waals surface area contributed by atoms with Crippen LogP contribution < -0.4 is 10.0 Å². The molecule has 0 fully saturated rings. The van der Waals surface area contributed by atoms with Crippen LogP contribution in [0.5, 0.6) is 0 Å². The maximum absolute atomic E-state index is 12.3. The lowest BCUT2D eigenvalue weighted by molar-refractivity contribution is 0.153. The van der Waals surface area contributed by atoms with Gasteiger partial charge in [-0.05, 0) is 36.6 Å². The number of rotatable bonds is 9. The van der Waals surface area contributed by atoms with E-state index in [-0.39, 0.29) is 5.41 Å². The molecule has 0 aromatic heterocycles. The third-order valence-corrected chi connectivity index (χ3v) is 4.71. The summed E-state index contributed by atoms with van der Waals surface area (Å²) in [5, 5.41) is 3.01. The number of hydrogen-bond acceptors (Lipinski definition) is 4. The summed E-state index contributed by atoms with van der Waals surface area (Å²) in [7, 11) is -0.000474. The van der Waals surface area contributed by atoms with Crippen LogP contribution in [0.1, 0.15) is 25.8 Å². The van der Waals surface area contributed by atoms with Crippen LogP contribution in [0.4, 0.5) is 0 Å². The molecule has 0 aliphatic carbocycles. The first-order chi connectivity index (χ1) is 9.80. The van der Waals surface area contributed by atoms with E-state index in [4.69, 9.17) is 4.74 Å². The van der Waals surface area contributed by atoms with E-state index in [1.807, 2.05) is 27.0 Å². The maximum atomic E-state index is 12.3. The van der Waals surface area contributed by atoms with Gasteiger partial charge >= 0.3 is 0 Å². The van der Waals surface area contributed by atoms with Crippen molar-refractivity contribution in [1.82, 2.24) is 10.0 Å². The molecule has 5 nitrogen and oxygen atoms in total. The van der Waals surface area contributed by atoms with Crippen LogP contribution in [0.2, 0.25) is 0 Å². The van der Waals surface area contributed by atoms with Crippen LogP contribution in [0, 0.1) is 5.41 Å². The number of ether oxygens (including phenoxy) is 1. The van der Waals surface area contributed by atoms with Gasteiger partial charge in [-0.2, -0.15) is 0 Å². The molecule has 0 aliphatic rings. The van der Waals surface area contributed by atoms with Gasteiger partial charge in [-0.15, -0.1) is 0 Å². The van der Waals surface area contributed by atoms with Gasteiger partial charge in [-0.25, -0.2) is 13.1 Å². The molecule has 120 valence electrons. The lowest BCUT2D eigenvalue weighted by Gasteiger charge is -2.24. The number of nitrogens with one attached hydrogen (secondary N) is 2. The predicted octanol–water partition coefficient (Wildman–Crippen LogP) is 1.75. The smallest absolute Gasteiger partial charge is 0.240 e. The second-order valence-corrected chi connectivity index (χ2v) is 7.68. The van der Waals surface area contributed by atoms with E-state index >= 15 is 0 Å². The topological polar surface area (TPSA) is 67.4 Å². The molecule has 0 saturated carbocycles. The molecule has 0 atom stereocenters. The molecule has 0 saturated heterocycles. The molecule has 0 spiro atoms. The van der Waals surface area contributed by atoms with Gasteiger partial charge in [0.15, 0.2) is 0 Å². The summed E-state index contributed by atoms with van der Waals surface area (Å²) >= 11 is 0. The van der Waals surface area contributed by atoms with Crippen molar-refractivity contribution < 1.29 is 13.2 Å². The fraction of sp³-hybridized carbons (Fsp3) is 0.600. The first-order valence-electron chi connectivity index (χ1n) is 7.03. The molecular weight excluding hydrogens is 288 g/mol. The molecule has 0 amide bonds. The third-order valence-electron chi connectivity index (χ3n) is 3.31. The Balaban J connectivity index is 2.75. The van der Waals surface area contributed by atoms with Gasteiger partial charge < -0.3 is 10.1 Å². The lowest BCUT2D eigenvalue weighted by atomic mass is 9.90. The largest absolute Gasteiger partial charge is 0.385 e. The highest BCUT2D eigenvalue weighted by Crippen LogP contribution is 2.20. The van der Waals surface area contributed by atoms with Crippen molar-refractivity contribution in [2.24, 2.45) is 5.41 Å². The Morgan fingerprint density at radius 3 is 2.62 bits per heavy atom. The summed E-state index contributed by atoms with van der Waals surface area (Å²) in [6, 6.07) is 6.97. The van der Waals surface area contributed by atoms with E-state index in [0.717, 1.165) is 12.0 Å². The molecule has 1 aromatic carbocycles. The molecule has 21 heavy (non-hydrogen) atoms. The number of methoxy groups -OCH3 is 1. The molecule has 6 heteroatoms. The normalized spacial score (nSPS) is 12.6. The fourth-order valence-corrected chi connectivity index (χ4v) is 3.18. The van der Waals surface area contributed by atoms with Crippen molar-refractivity contribution in [2.45, 2.75) is 31.7 Å². The summed E-state index contributed by atoms with van der Waals surface area (Å²) in [5.74, 6) is 0. The van der Waals surface area contributed by atoms with E-state index in [1.54, 1.807) is 25.3 Å². The van der Waals surface area contributed by atoms with Crippen LogP contribution in [0.15, 0.2) is 29.2 Å². The van der Waals surface area contributed by atoms with Crippen LogP contribution in [0.3, 0.4) is 0 Å². The Morgan fingerprint density at radius 2 is 2.00 bits per heavy atom. The van der Waals surface area contributed by atoms with Gasteiger partial charge in [0, 0.05) is 26.8 Å². The zero-order valence-corrected chi connectivity index (χ0v) is 14.1. The molecule has 0 bridgehead atoms. The first-order valence-corrected chi connectivity index (χ1v) is 8.51. The van der Waals surface area contributed by atoms with E-state index in [0.29, 0.717) is 24.6 Å². The molecule has 1 rings (SSSR count). The van der Waals surface area contributed by atoms with Gasteiger partial charge in [-0.3, -0.25) is 0 Å². The summed E-state index contributed by atoms with van der Waals surface area (Å²) in [6.07, 6.45) is 0.797. The van der Waals surface area contributed by atoms with Crippen molar-refractivity contribution in [3.8, 4) is 0 Å². The Labute approximate surface area is 128 Å². The van der Waals surface area contributed by atoms with Crippen LogP contribution in [-0.4, -0.2) is 35.7 Å². The molecule has 0 radical (unpaired) electrons. The highest BCUT2D eigenvalue weighted by Gasteiger charge is 2.22. The highest BCUT2D eigenvalue weighted by molar-refractivity contribution is 7.89. The average Bonchev–Trinajstić information content (AvgIpc) is 2.44. The molecular formula is C15H26N2O3S. The standard InChI is InChI=1S/C15H26N2O3S/c1-15(2,8-9-20-4)12-17-21(18,19)14-7-5-6-13(10-14)11-16-3/h5-7,10,16-17H,8-9,11-12H2,1-4H3. The number of sulfonamides is 1. The lowest BCUT2D eigenvalue weighted by Crippen LogP contribution is -2.34. The Bertz CT molecular complexity index is 542. The summed E-state index contributed by atoms with van der Waals surface area (Å²) in [4.78, 5) is 0.304. The van der Waals surface area contributed by atoms with Crippen molar-refractivity contribution in [1.29, 1.82) is 0 Å². The SMILES string of the molecule is CNCc1cccc(S(=O)(=O)NCC(C)(C)CCOC)c1. The van der Waals surface area contributed by atoms with Crippen molar-refractivity contribution in [3.63, 3.8) is 0 Å². The first kappa shape index (κ1) is 18.1. The van der Waals surface area contributed by atoms with E-state index in [1.165, 1.54) is 0 Å². The molecule has 1 aromatic rings. The van der Waals surface area contributed by atoms with Gasteiger partial charge in [0.1, 0.15) is 0 Å². The minimum atomic E-state index is -3.48. The van der Waals surface area contributed by atoms with E-state index in [2.05, 4.69) is 10.0 Å². The maximum Gasteiger partial charge on any atom is 0.240 e.